The third-order valence-electron chi connectivity index (χ3n) is 5.22. The van der Waals surface area contributed by atoms with Crippen LogP contribution in [0.3, 0.4) is 0 Å². The van der Waals surface area contributed by atoms with E-state index in [9.17, 15) is 10.2 Å². The van der Waals surface area contributed by atoms with Gasteiger partial charge in [0.15, 0.2) is 0 Å². The number of aliphatic hydroxyl groups excluding tert-OH is 1. The zero-order valence-electron chi connectivity index (χ0n) is 14.3. The Morgan fingerprint density at radius 3 is 2.68 bits per heavy atom. The fraction of sp³-hybridized carbons (Fsp3) is 0.882. The normalized spacial score (nSPS) is 44.7. The van der Waals surface area contributed by atoms with Gasteiger partial charge in [-0.1, -0.05) is 11.6 Å². The molecule has 2 aliphatic rings. The maximum absolute atomic E-state index is 11.2. The van der Waals surface area contributed by atoms with E-state index >= 15 is 0 Å². The first-order valence-corrected chi connectivity index (χ1v) is 9.39. The van der Waals surface area contributed by atoms with Gasteiger partial charge in [-0.3, -0.25) is 0 Å². The minimum atomic E-state index is -0.853. The third-order valence-corrected chi connectivity index (χ3v) is 6.01. The van der Waals surface area contributed by atoms with Crippen molar-refractivity contribution in [3.05, 3.63) is 11.6 Å². The highest BCUT2D eigenvalue weighted by molar-refractivity contribution is 7.98. The monoisotopic (exact) mass is 330 g/mol. The molecule has 0 aromatic rings. The number of rotatable bonds is 6. The second-order valence-corrected chi connectivity index (χ2v) is 8.04. The zero-order valence-corrected chi connectivity index (χ0v) is 15.2. The SMILES string of the molecule is COC1CC(O)(CSC)C(C2(C)OC2CC=C(C)C)CC1O. The Labute approximate surface area is 138 Å². The largest absolute Gasteiger partial charge is 0.390 e. The lowest BCUT2D eigenvalue weighted by Crippen LogP contribution is -2.57. The van der Waals surface area contributed by atoms with Gasteiger partial charge in [-0.15, -0.1) is 0 Å². The zero-order chi connectivity index (χ0) is 16.5. The number of ether oxygens (including phenoxy) is 2. The van der Waals surface area contributed by atoms with Crippen molar-refractivity contribution in [3.8, 4) is 0 Å². The lowest BCUT2D eigenvalue weighted by molar-refractivity contribution is -0.148. The van der Waals surface area contributed by atoms with Gasteiger partial charge < -0.3 is 19.7 Å². The predicted octanol–water partition coefficient (Wildman–Crippen LogP) is 2.38. The standard InChI is InChI=1S/C17H30O4S/c1-11(2)6-7-15-16(3,21-15)14-8-12(18)13(20-4)9-17(14,19)10-22-5/h6,12-15,18-19H,7-10H2,1-5H3. The van der Waals surface area contributed by atoms with Crippen LogP contribution in [0.15, 0.2) is 11.6 Å². The minimum Gasteiger partial charge on any atom is -0.390 e. The van der Waals surface area contributed by atoms with Crippen LogP contribution in [0.5, 0.6) is 0 Å². The number of hydrogen-bond donors (Lipinski definition) is 2. The number of thioether (sulfide) groups is 1. The van der Waals surface area contributed by atoms with E-state index in [0.717, 1.165) is 6.42 Å². The lowest BCUT2D eigenvalue weighted by atomic mass is 9.67. The van der Waals surface area contributed by atoms with Crippen LogP contribution in [0.4, 0.5) is 0 Å². The molecule has 1 heterocycles. The molecule has 2 fully saturated rings. The fourth-order valence-electron chi connectivity index (χ4n) is 3.86. The van der Waals surface area contributed by atoms with Crippen molar-refractivity contribution < 1.29 is 19.7 Å². The van der Waals surface area contributed by atoms with E-state index < -0.39 is 11.7 Å². The van der Waals surface area contributed by atoms with Gasteiger partial charge in [0, 0.05) is 25.2 Å². The molecule has 5 heteroatoms. The summed E-state index contributed by atoms with van der Waals surface area (Å²) in [4.78, 5) is 0. The second-order valence-electron chi connectivity index (χ2n) is 7.18. The van der Waals surface area contributed by atoms with Crippen LogP contribution >= 0.6 is 11.8 Å². The van der Waals surface area contributed by atoms with E-state index in [1.165, 1.54) is 5.57 Å². The molecule has 0 aromatic carbocycles. The van der Waals surface area contributed by atoms with Crippen LogP contribution in [0.1, 0.15) is 40.0 Å². The lowest BCUT2D eigenvalue weighted by Gasteiger charge is -2.46. The molecule has 1 saturated carbocycles. The van der Waals surface area contributed by atoms with Crippen LogP contribution in [-0.4, -0.2) is 58.8 Å². The summed E-state index contributed by atoms with van der Waals surface area (Å²) < 4.78 is 11.4. The maximum atomic E-state index is 11.2. The van der Waals surface area contributed by atoms with E-state index in [1.54, 1.807) is 18.9 Å². The summed E-state index contributed by atoms with van der Waals surface area (Å²) in [7, 11) is 1.60. The minimum absolute atomic E-state index is 0.0654. The fourth-order valence-corrected chi connectivity index (χ4v) is 4.68. The van der Waals surface area contributed by atoms with Gasteiger partial charge in [0.05, 0.1) is 29.5 Å². The molecule has 22 heavy (non-hydrogen) atoms. The molecule has 1 aliphatic carbocycles. The number of methoxy groups -OCH3 is 1. The van der Waals surface area contributed by atoms with Gasteiger partial charge in [0.25, 0.3) is 0 Å². The summed E-state index contributed by atoms with van der Waals surface area (Å²) in [6.45, 7) is 6.24. The van der Waals surface area contributed by atoms with Crippen LogP contribution in [0.2, 0.25) is 0 Å². The van der Waals surface area contributed by atoms with Crippen molar-refractivity contribution in [3.63, 3.8) is 0 Å². The Hall–Kier alpha value is -0.0700. The molecule has 6 unspecified atom stereocenters. The van der Waals surface area contributed by atoms with Crippen LogP contribution in [0, 0.1) is 5.92 Å². The molecular formula is C17H30O4S. The topological polar surface area (TPSA) is 62.2 Å². The van der Waals surface area contributed by atoms with Gasteiger partial charge in [-0.2, -0.15) is 11.8 Å². The quantitative estimate of drug-likeness (QED) is 0.578. The first-order chi connectivity index (χ1) is 10.3. The molecule has 0 spiro atoms. The second kappa shape index (κ2) is 6.81. The number of epoxide rings is 1. The highest BCUT2D eigenvalue weighted by atomic mass is 32.2. The molecule has 0 amide bonds. The Kier molecular flexibility index (Phi) is 5.66. The van der Waals surface area contributed by atoms with Crippen LogP contribution in [0.25, 0.3) is 0 Å². The van der Waals surface area contributed by atoms with Crippen molar-refractivity contribution in [1.29, 1.82) is 0 Å². The third kappa shape index (κ3) is 3.54. The summed E-state index contributed by atoms with van der Waals surface area (Å²) in [5, 5.41) is 21.5. The Morgan fingerprint density at radius 2 is 2.14 bits per heavy atom. The van der Waals surface area contributed by atoms with Crippen LogP contribution < -0.4 is 0 Å². The molecular weight excluding hydrogens is 300 g/mol. The summed E-state index contributed by atoms with van der Waals surface area (Å²) in [6, 6.07) is 0. The van der Waals surface area contributed by atoms with Crippen molar-refractivity contribution in [2.45, 2.75) is 69.5 Å². The molecule has 128 valence electrons. The highest BCUT2D eigenvalue weighted by Crippen LogP contribution is 2.54. The molecule has 2 rings (SSSR count). The van der Waals surface area contributed by atoms with E-state index in [1.807, 2.05) is 6.26 Å². The number of hydrogen-bond acceptors (Lipinski definition) is 5. The summed E-state index contributed by atoms with van der Waals surface area (Å²) in [6.07, 6.45) is 5.33. The number of allylic oxidation sites excluding steroid dienone is 1. The van der Waals surface area contributed by atoms with Gasteiger partial charge in [0.1, 0.15) is 0 Å². The maximum Gasteiger partial charge on any atom is 0.0980 e. The van der Waals surface area contributed by atoms with Gasteiger partial charge >= 0.3 is 0 Å². The van der Waals surface area contributed by atoms with E-state index in [2.05, 4.69) is 26.8 Å². The van der Waals surface area contributed by atoms with Crippen molar-refractivity contribution in [2.24, 2.45) is 5.92 Å². The van der Waals surface area contributed by atoms with Gasteiger partial charge in [0.2, 0.25) is 0 Å². The van der Waals surface area contributed by atoms with Gasteiger partial charge in [-0.05, 0) is 39.9 Å². The summed E-state index contributed by atoms with van der Waals surface area (Å²) >= 11 is 1.63. The number of aliphatic hydroxyl groups is 2. The van der Waals surface area contributed by atoms with Crippen molar-refractivity contribution >= 4 is 11.8 Å². The van der Waals surface area contributed by atoms with Gasteiger partial charge in [-0.25, -0.2) is 0 Å². The highest BCUT2D eigenvalue weighted by Gasteiger charge is 2.64. The molecule has 6 atom stereocenters. The first-order valence-electron chi connectivity index (χ1n) is 8.00. The smallest absolute Gasteiger partial charge is 0.0980 e. The molecule has 4 nitrogen and oxygen atoms in total. The first kappa shape index (κ1) is 18.3. The predicted molar refractivity (Wildman–Crippen MR) is 90.2 cm³/mol. The average Bonchev–Trinajstić information content (AvgIpc) is 3.11. The summed E-state index contributed by atoms with van der Waals surface area (Å²) in [5.74, 6) is 0.572. The molecule has 2 N–H and O–H groups in total. The van der Waals surface area contributed by atoms with Crippen molar-refractivity contribution in [2.75, 3.05) is 19.1 Å². The van der Waals surface area contributed by atoms with E-state index in [-0.39, 0.29) is 23.7 Å². The van der Waals surface area contributed by atoms with Crippen LogP contribution in [-0.2, 0) is 9.47 Å². The molecule has 1 aliphatic heterocycles. The molecule has 0 radical (unpaired) electrons. The van der Waals surface area contributed by atoms with Crippen molar-refractivity contribution in [1.82, 2.24) is 0 Å². The summed E-state index contributed by atoms with van der Waals surface area (Å²) in [5.41, 5.74) is 0.0737. The molecule has 1 saturated heterocycles. The molecule has 0 aromatic heterocycles. The Bertz CT molecular complexity index is 423. The average molecular weight is 330 g/mol. The Balaban J connectivity index is 2.15. The van der Waals surface area contributed by atoms with E-state index in [4.69, 9.17) is 9.47 Å². The Morgan fingerprint density at radius 1 is 1.45 bits per heavy atom. The molecule has 0 bridgehead atoms. The van der Waals surface area contributed by atoms with E-state index in [0.29, 0.717) is 18.6 Å².